The number of fused-ring (bicyclic) bond motifs is 1. The van der Waals surface area contributed by atoms with Crippen molar-refractivity contribution in [3.63, 3.8) is 0 Å². The number of ether oxygens (including phenoxy) is 1. The lowest BCUT2D eigenvalue weighted by atomic mass is 9.99. The van der Waals surface area contributed by atoms with E-state index in [0.29, 0.717) is 28.8 Å². The summed E-state index contributed by atoms with van der Waals surface area (Å²) in [5.74, 6) is -1.48. The summed E-state index contributed by atoms with van der Waals surface area (Å²) in [6, 6.07) is 7.44. The van der Waals surface area contributed by atoms with Gasteiger partial charge in [0, 0.05) is 24.1 Å². The van der Waals surface area contributed by atoms with Crippen molar-refractivity contribution in [3.8, 4) is 5.75 Å². The highest BCUT2D eigenvalue weighted by molar-refractivity contribution is 6.30. The van der Waals surface area contributed by atoms with E-state index in [4.69, 9.17) is 16.3 Å². The minimum absolute atomic E-state index is 0.0149. The molecular formula is C24H25ClFNO5. The van der Waals surface area contributed by atoms with Gasteiger partial charge in [0.1, 0.15) is 17.1 Å². The van der Waals surface area contributed by atoms with E-state index in [-0.39, 0.29) is 29.5 Å². The Balaban J connectivity index is 2.34. The van der Waals surface area contributed by atoms with Gasteiger partial charge in [0.05, 0.1) is 29.3 Å². The number of carbonyl (C=O) groups is 1. The molecule has 0 fully saturated rings. The highest BCUT2D eigenvalue weighted by atomic mass is 35.5. The summed E-state index contributed by atoms with van der Waals surface area (Å²) in [5.41, 5.74) is 0.228. The number of benzene rings is 2. The standard InChI is InChI=1S/C24H25ClFNO5/c1-4-16(12-28)27-11-18(24(30)31)23(29)17-9-15(21(10-20(17)27)32-13(2)3)8-14-6-5-7-19(25)22(14)26/h5-7,9-11,13,16,28H,4,8,12H2,1-3H3,(H,30,31)/t16-/m1/s1. The Morgan fingerprint density at radius 2 is 1.97 bits per heavy atom. The zero-order valence-corrected chi connectivity index (χ0v) is 18.8. The molecule has 1 aromatic heterocycles. The Labute approximate surface area is 189 Å². The van der Waals surface area contributed by atoms with Crippen molar-refractivity contribution in [2.24, 2.45) is 0 Å². The molecule has 1 atom stereocenters. The van der Waals surface area contributed by atoms with Gasteiger partial charge in [-0.25, -0.2) is 9.18 Å². The van der Waals surface area contributed by atoms with E-state index in [0.717, 1.165) is 0 Å². The van der Waals surface area contributed by atoms with Crippen molar-refractivity contribution in [1.82, 2.24) is 4.57 Å². The van der Waals surface area contributed by atoms with E-state index in [9.17, 15) is 24.2 Å². The van der Waals surface area contributed by atoms with Crippen LogP contribution in [0.2, 0.25) is 5.02 Å². The molecule has 3 rings (SSSR count). The molecule has 0 spiro atoms. The molecule has 0 saturated heterocycles. The van der Waals surface area contributed by atoms with Crippen molar-refractivity contribution < 1.29 is 24.1 Å². The number of rotatable bonds is 8. The van der Waals surface area contributed by atoms with Crippen LogP contribution in [-0.2, 0) is 6.42 Å². The smallest absolute Gasteiger partial charge is 0.341 e. The zero-order chi connectivity index (χ0) is 23.6. The number of aliphatic hydroxyl groups excluding tert-OH is 1. The summed E-state index contributed by atoms with van der Waals surface area (Å²) in [6.45, 7) is 5.31. The van der Waals surface area contributed by atoms with E-state index >= 15 is 0 Å². The molecule has 0 aliphatic rings. The third kappa shape index (κ3) is 4.64. The van der Waals surface area contributed by atoms with Crippen molar-refractivity contribution in [2.45, 2.75) is 45.8 Å². The fourth-order valence-corrected chi connectivity index (χ4v) is 3.88. The van der Waals surface area contributed by atoms with E-state index < -0.39 is 28.8 Å². The van der Waals surface area contributed by atoms with Crippen LogP contribution in [0.3, 0.4) is 0 Å². The molecule has 0 aliphatic heterocycles. The number of aromatic nitrogens is 1. The number of aliphatic hydroxyl groups is 1. The summed E-state index contributed by atoms with van der Waals surface area (Å²) in [5, 5.41) is 19.5. The lowest BCUT2D eigenvalue weighted by Gasteiger charge is -2.22. The van der Waals surface area contributed by atoms with Gasteiger partial charge < -0.3 is 19.5 Å². The summed E-state index contributed by atoms with van der Waals surface area (Å²) in [6.07, 6.45) is 1.67. The van der Waals surface area contributed by atoms with Gasteiger partial charge in [0.25, 0.3) is 0 Å². The number of hydrogen-bond acceptors (Lipinski definition) is 4. The Hall–Kier alpha value is -2.90. The van der Waals surface area contributed by atoms with Gasteiger partial charge in [-0.15, -0.1) is 0 Å². The Kier molecular flexibility index (Phi) is 7.21. The molecule has 8 heteroatoms. The molecule has 3 aromatic rings. The molecule has 0 aliphatic carbocycles. The molecule has 0 amide bonds. The van der Waals surface area contributed by atoms with Gasteiger partial charge >= 0.3 is 5.97 Å². The lowest BCUT2D eigenvalue weighted by Crippen LogP contribution is -2.23. The number of pyridine rings is 1. The van der Waals surface area contributed by atoms with E-state index in [1.165, 1.54) is 12.3 Å². The van der Waals surface area contributed by atoms with Crippen LogP contribution in [0.25, 0.3) is 10.9 Å². The third-order valence-electron chi connectivity index (χ3n) is 5.30. The molecule has 2 N–H and O–H groups in total. The van der Waals surface area contributed by atoms with Crippen LogP contribution in [0.5, 0.6) is 5.75 Å². The van der Waals surface area contributed by atoms with E-state index in [1.807, 2.05) is 20.8 Å². The van der Waals surface area contributed by atoms with Crippen LogP contribution in [0.15, 0.2) is 41.3 Å². The SMILES string of the molecule is CC[C@H](CO)n1cc(C(=O)O)c(=O)c2cc(Cc3cccc(Cl)c3F)c(OC(C)C)cc21. The van der Waals surface area contributed by atoms with Gasteiger partial charge in [0.2, 0.25) is 5.43 Å². The normalized spacial score (nSPS) is 12.3. The highest BCUT2D eigenvalue weighted by Crippen LogP contribution is 2.31. The number of carboxylic acid groups (broad SMARTS) is 1. The molecule has 170 valence electrons. The molecule has 6 nitrogen and oxygen atoms in total. The van der Waals surface area contributed by atoms with Gasteiger partial charge in [-0.1, -0.05) is 30.7 Å². The van der Waals surface area contributed by atoms with Gasteiger partial charge in [-0.05, 0) is 43.5 Å². The first-order chi connectivity index (χ1) is 15.2. The maximum absolute atomic E-state index is 14.6. The van der Waals surface area contributed by atoms with Crippen LogP contribution in [0.1, 0.15) is 54.7 Å². The first kappa shape index (κ1) is 23.8. The van der Waals surface area contributed by atoms with Crippen molar-refractivity contribution in [3.05, 3.63) is 74.3 Å². The number of carboxylic acids is 1. The third-order valence-corrected chi connectivity index (χ3v) is 5.59. The summed E-state index contributed by atoms with van der Waals surface area (Å²) >= 11 is 5.92. The summed E-state index contributed by atoms with van der Waals surface area (Å²) in [4.78, 5) is 24.7. The molecule has 0 bridgehead atoms. The first-order valence-corrected chi connectivity index (χ1v) is 10.7. The average molecular weight is 462 g/mol. The average Bonchev–Trinajstić information content (AvgIpc) is 2.73. The number of hydrogen-bond donors (Lipinski definition) is 2. The lowest BCUT2D eigenvalue weighted by molar-refractivity contribution is 0.0694. The largest absolute Gasteiger partial charge is 0.491 e. The Morgan fingerprint density at radius 1 is 1.25 bits per heavy atom. The number of nitrogens with zero attached hydrogens (tertiary/aromatic N) is 1. The molecule has 0 saturated carbocycles. The minimum Gasteiger partial charge on any atom is -0.491 e. The molecule has 32 heavy (non-hydrogen) atoms. The van der Waals surface area contributed by atoms with Crippen LogP contribution >= 0.6 is 11.6 Å². The monoisotopic (exact) mass is 461 g/mol. The van der Waals surface area contributed by atoms with Crippen LogP contribution in [0, 0.1) is 5.82 Å². The van der Waals surface area contributed by atoms with E-state index in [2.05, 4.69) is 0 Å². The second-order valence-corrected chi connectivity index (χ2v) is 8.27. The Morgan fingerprint density at radius 3 is 2.56 bits per heavy atom. The van der Waals surface area contributed by atoms with E-state index in [1.54, 1.807) is 28.8 Å². The van der Waals surface area contributed by atoms with Crippen molar-refractivity contribution >= 4 is 28.5 Å². The highest BCUT2D eigenvalue weighted by Gasteiger charge is 2.21. The molecule has 0 unspecified atom stereocenters. The molecule has 2 aromatic carbocycles. The van der Waals surface area contributed by atoms with Gasteiger partial charge in [-0.3, -0.25) is 4.79 Å². The second kappa shape index (κ2) is 9.71. The predicted octanol–water partition coefficient (Wildman–Crippen LogP) is 4.81. The zero-order valence-electron chi connectivity index (χ0n) is 18.1. The van der Waals surface area contributed by atoms with Crippen molar-refractivity contribution in [2.75, 3.05) is 6.61 Å². The summed E-state index contributed by atoms with van der Waals surface area (Å²) < 4.78 is 22.1. The quantitative estimate of drug-likeness (QED) is 0.502. The van der Waals surface area contributed by atoms with Gasteiger partial charge in [-0.2, -0.15) is 0 Å². The van der Waals surface area contributed by atoms with Crippen molar-refractivity contribution in [1.29, 1.82) is 0 Å². The number of aromatic carboxylic acids is 1. The summed E-state index contributed by atoms with van der Waals surface area (Å²) in [7, 11) is 0. The molecule has 1 heterocycles. The topological polar surface area (TPSA) is 88.8 Å². The fourth-order valence-electron chi connectivity index (χ4n) is 3.68. The van der Waals surface area contributed by atoms with Crippen LogP contribution in [0.4, 0.5) is 4.39 Å². The predicted molar refractivity (Wildman–Crippen MR) is 122 cm³/mol. The molecule has 0 radical (unpaired) electrons. The van der Waals surface area contributed by atoms with Gasteiger partial charge in [0.15, 0.2) is 0 Å². The van der Waals surface area contributed by atoms with Crippen LogP contribution in [-0.4, -0.2) is 33.5 Å². The first-order valence-electron chi connectivity index (χ1n) is 10.3. The second-order valence-electron chi connectivity index (χ2n) is 7.86. The Bertz CT molecular complexity index is 1220. The fraction of sp³-hybridized carbons (Fsp3) is 0.333. The number of halogens is 2. The maximum Gasteiger partial charge on any atom is 0.341 e. The van der Waals surface area contributed by atoms with Crippen LogP contribution < -0.4 is 10.2 Å². The maximum atomic E-state index is 14.6. The molecular weight excluding hydrogens is 437 g/mol. The minimum atomic E-state index is -1.36.